The van der Waals surface area contributed by atoms with Crippen LogP contribution in [0.15, 0.2) is 71.8 Å². The number of nitrogens with zero attached hydrogens (tertiary/aromatic N) is 3. The number of fused-ring (bicyclic) bond motifs is 1. The van der Waals surface area contributed by atoms with Crippen molar-refractivity contribution >= 4 is 23.2 Å². The summed E-state index contributed by atoms with van der Waals surface area (Å²) in [5, 5.41) is 0. The molecule has 0 aliphatic rings. The fraction of sp³-hybridized carbons (Fsp3) is 0. The largest absolute Gasteiger partial charge is 0.472 e. The average Bonchev–Trinajstić information content (AvgIpc) is 3.21. The molecule has 0 saturated carbocycles. The molecule has 4 heteroatoms. The minimum atomic E-state index is 0.869. The van der Waals surface area contributed by atoms with E-state index in [1.807, 2.05) is 48.6 Å². The van der Waals surface area contributed by atoms with Gasteiger partial charge < -0.3 is 4.42 Å². The van der Waals surface area contributed by atoms with Gasteiger partial charge in [-0.05, 0) is 42.5 Å². The highest BCUT2D eigenvalue weighted by molar-refractivity contribution is 5.82. The van der Waals surface area contributed by atoms with Crippen LogP contribution in [0, 0.1) is 0 Å². The lowest BCUT2D eigenvalue weighted by molar-refractivity contribution is 0.567. The van der Waals surface area contributed by atoms with Crippen LogP contribution in [0.3, 0.4) is 0 Å². The molecule has 0 aliphatic heterocycles. The van der Waals surface area contributed by atoms with E-state index in [2.05, 4.69) is 15.6 Å². The number of benzene rings is 1. The Hall–Kier alpha value is -3.14. The third kappa shape index (κ3) is 2.20. The van der Waals surface area contributed by atoms with Crippen LogP contribution in [0.1, 0.15) is 11.4 Å². The maximum Gasteiger partial charge on any atom is 0.138 e. The van der Waals surface area contributed by atoms with Crippen molar-refractivity contribution in [1.82, 2.24) is 14.5 Å². The molecule has 3 heterocycles. The number of imidazole rings is 1. The highest BCUT2D eigenvalue weighted by Gasteiger charge is 2.09. The lowest BCUT2D eigenvalue weighted by Crippen LogP contribution is -1.96. The van der Waals surface area contributed by atoms with Crippen molar-refractivity contribution in [2.75, 3.05) is 0 Å². The second-order valence-electron chi connectivity index (χ2n) is 4.89. The smallest absolute Gasteiger partial charge is 0.138 e. The van der Waals surface area contributed by atoms with Crippen LogP contribution in [0.4, 0.5) is 0 Å². The second-order valence-corrected chi connectivity index (χ2v) is 4.89. The quantitative estimate of drug-likeness (QED) is 0.567. The van der Waals surface area contributed by atoms with Crippen molar-refractivity contribution in [3.05, 3.63) is 78.8 Å². The Kier molecular flexibility index (Phi) is 3.05. The van der Waals surface area contributed by atoms with E-state index < -0.39 is 0 Å². The third-order valence-corrected chi connectivity index (χ3v) is 3.48. The summed E-state index contributed by atoms with van der Waals surface area (Å²) < 4.78 is 7.21. The Balaban J connectivity index is 1.90. The van der Waals surface area contributed by atoms with Gasteiger partial charge in [-0.2, -0.15) is 0 Å². The van der Waals surface area contributed by atoms with Gasteiger partial charge in [-0.1, -0.05) is 12.1 Å². The average molecular weight is 287 g/mol. The molecule has 0 N–H and O–H groups in total. The molecule has 4 aromatic rings. The lowest BCUT2D eigenvalue weighted by atomic mass is 10.3. The summed E-state index contributed by atoms with van der Waals surface area (Å²) in [7, 11) is 0. The number of hydrogen-bond acceptors (Lipinski definition) is 3. The van der Waals surface area contributed by atoms with Crippen molar-refractivity contribution in [3.63, 3.8) is 0 Å². The number of hydrogen-bond donors (Lipinski definition) is 0. The van der Waals surface area contributed by atoms with Gasteiger partial charge in [0.1, 0.15) is 5.82 Å². The zero-order valence-corrected chi connectivity index (χ0v) is 11.8. The Bertz CT molecular complexity index is 922. The molecular weight excluding hydrogens is 274 g/mol. The van der Waals surface area contributed by atoms with E-state index in [0.717, 1.165) is 28.1 Å². The summed E-state index contributed by atoms with van der Waals surface area (Å²) in [6.45, 7) is 0. The predicted octanol–water partition coefficient (Wildman–Crippen LogP) is 4.18. The summed E-state index contributed by atoms with van der Waals surface area (Å²) in [4.78, 5) is 8.80. The summed E-state index contributed by atoms with van der Waals surface area (Å²) in [5.41, 5.74) is 4.08. The molecule has 0 aliphatic carbocycles. The monoisotopic (exact) mass is 287 g/mol. The molecule has 1 aromatic carbocycles. The van der Waals surface area contributed by atoms with Gasteiger partial charge >= 0.3 is 0 Å². The minimum Gasteiger partial charge on any atom is -0.472 e. The van der Waals surface area contributed by atoms with Crippen molar-refractivity contribution < 1.29 is 4.42 Å². The molecule has 0 saturated heterocycles. The normalized spacial score (nSPS) is 11.5. The van der Waals surface area contributed by atoms with Gasteiger partial charge in [-0.3, -0.25) is 9.55 Å². The maximum atomic E-state index is 5.09. The second kappa shape index (κ2) is 5.33. The van der Waals surface area contributed by atoms with E-state index in [0.29, 0.717) is 0 Å². The number of furan rings is 1. The van der Waals surface area contributed by atoms with Gasteiger partial charge in [0.2, 0.25) is 0 Å². The summed E-state index contributed by atoms with van der Waals surface area (Å²) in [6.07, 6.45) is 10.9. The van der Waals surface area contributed by atoms with Gasteiger partial charge in [0, 0.05) is 18.0 Å². The number of rotatable bonds is 3. The topological polar surface area (TPSA) is 43.9 Å². The molecule has 0 unspecified atom stereocenters. The van der Waals surface area contributed by atoms with Crippen LogP contribution in [-0.2, 0) is 0 Å². The van der Waals surface area contributed by atoms with Crippen LogP contribution in [0.25, 0.3) is 28.9 Å². The van der Waals surface area contributed by atoms with Crippen LogP contribution >= 0.6 is 0 Å². The van der Waals surface area contributed by atoms with Crippen molar-refractivity contribution in [3.8, 4) is 5.69 Å². The summed E-state index contributed by atoms with van der Waals surface area (Å²) in [5.74, 6) is 0.869. The Morgan fingerprint density at radius 1 is 0.955 bits per heavy atom. The Morgan fingerprint density at radius 3 is 2.64 bits per heavy atom. The van der Waals surface area contributed by atoms with E-state index >= 15 is 0 Å². The first-order valence-electron chi connectivity index (χ1n) is 7.00. The Morgan fingerprint density at radius 2 is 1.82 bits per heavy atom. The lowest BCUT2D eigenvalue weighted by Gasteiger charge is -2.06. The standard InChI is InChI=1S/C18H13N3O/c1-2-4-17-16(3-1)20-18(6-5-14-9-12-22-13-14)21(17)15-7-10-19-11-8-15/h1-13H. The zero-order chi connectivity index (χ0) is 14.8. The first-order valence-corrected chi connectivity index (χ1v) is 7.00. The first-order chi connectivity index (χ1) is 10.9. The molecule has 0 amide bonds. The molecule has 0 fully saturated rings. The molecule has 4 rings (SSSR count). The highest BCUT2D eigenvalue weighted by atomic mass is 16.3. The highest BCUT2D eigenvalue weighted by Crippen LogP contribution is 2.22. The van der Waals surface area contributed by atoms with Gasteiger partial charge in [-0.25, -0.2) is 4.98 Å². The van der Waals surface area contributed by atoms with Crippen LogP contribution in [0.2, 0.25) is 0 Å². The minimum absolute atomic E-state index is 0.869. The van der Waals surface area contributed by atoms with E-state index in [1.165, 1.54) is 0 Å². The van der Waals surface area contributed by atoms with Crippen LogP contribution < -0.4 is 0 Å². The molecule has 0 atom stereocenters. The van der Waals surface area contributed by atoms with Gasteiger partial charge in [0.25, 0.3) is 0 Å². The van der Waals surface area contributed by atoms with Crippen LogP contribution in [0.5, 0.6) is 0 Å². The molecule has 106 valence electrons. The number of aromatic nitrogens is 3. The number of pyridine rings is 1. The van der Waals surface area contributed by atoms with E-state index in [1.54, 1.807) is 24.9 Å². The molecule has 0 bridgehead atoms. The summed E-state index contributed by atoms with van der Waals surface area (Å²) >= 11 is 0. The van der Waals surface area contributed by atoms with Gasteiger partial charge in [0.15, 0.2) is 0 Å². The maximum absolute atomic E-state index is 5.09. The Labute approximate surface area is 127 Å². The molecule has 0 radical (unpaired) electrons. The molecule has 4 nitrogen and oxygen atoms in total. The summed E-state index contributed by atoms with van der Waals surface area (Å²) in [6, 6.07) is 14.0. The molecule has 22 heavy (non-hydrogen) atoms. The first kappa shape index (κ1) is 12.6. The van der Waals surface area contributed by atoms with E-state index in [4.69, 9.17) is 9.40 Å². The fourth-order valence-electron chi connectivity index (χ4n) is 2.46. The van der Waals surface area contributed by atoms with E-state index in [9.17, 15) is 0 Å². The van der Waals surface area contributed by atoms with Crippen LogP contribution in [-0.4, -0.2) is 14.5 Å². The zero-order valence-electron chi connectivity index (χ0n) is 11.8. The predicted molar refractivity (Wildman–Crippen MR) is 86.5 cm³/mol. The van der Waals surface area contributed by atoms with E-state index in [-0.39, 0.29) is 0 Å². The van der Waals surface area contributed by atoms with Gasteiger partial charge in [-0.15, -0.1) is 0 Å². The molecule has 0 spiro atoms. The van der Waals surface area contributed by atoms with Crippen molar-refractivity contribution in [2.24, 2.45) is 0 Å². The van der Waals surface area contributed by atoms with Crippen molar-refractivity contribution in [1.29, 1.82) is 0 Å². The van der Waals surface area contributed by atoms with Crippen molar-refractivity contribution in [2.45, 2.75) is 0 Å². The molecular formula is C18H13N3O. The third-order valence-electron chi connectivity index (χ3n) is 3.48. The number of para-hydroxylation sites is 2. The molecule has 3 aromatic heterocycles. The SMILES string of the molecule is C(=Cc1nc2ccccc2n1-c1ccncc1)c1ccoc1. The fourth-order valence-corrected chi connectivity index (χ4v) is 2.46. The van der Waals surface area contributed by atoms with Gasteiger partial charge in [0.05, 0.1) is 29.2 Å².